The second-order valence-electron chi connectivity index (χ2n) is 5.10. The molecule has 0 aliphatic carbocycles. The van der Waals surface area contributed by atoms with E-state index in [0.717, 1.165) is 5.56 Å². The van der Waals surface area contributed by atoms with Crippen LogP contribution in [0.25, 0.3) is 0 Å². The monoisotopic (exact) mass is 300 g/mol. The first-order valence-electron chi connectivity index (χ1n) is 7.04. The van der Waals surface area contributed by atoms with E-state index >= 15 is 0 Å². The summed E-state index contributed by atoms with van der Waals surface area (Å²) in [6, 6.07) is 9.28. The molecule has 2 aliphatic heterocycles. The van der Waals surface area contributed by atoms with Crippen LogP contribution in [0.4, 0.5) is 4.79 Å². The van der Waals surface area contributed by atoms with Crippen molar-refractivity contribution in [2.24, 2.45) is 0 Å². The van der Waals surface area contributed by atoms with Gasteiger partial charge in [-0.15, -0.1) is 0 Å². The fourth-order valence-corrected chi connectivity index (χ4v) is 2.46. The predicted octanol–water partition coefficient (Wildman–Crippen LogP) is 0.359. The average molecular weight is 300 g/mol. The van der Waals surface area contributed by atoms with E-state index in [1.807, 2.05) is 30.3 Å². The Kier molecular flexibility index (Phi) is 3.78. The van der Waals surface area contributed by atoms with Gasteiger partial charge in [0.25, 0.3) is 0 Å². The molecule has 1 aromatic carbocycles. The van der Waals surface area contributed by atoms with Crippen LogP contribution in [0, 0.1) is 0 Å². The zero-order valence-corrected chi connectivity index (χ0v) is 11.9. The molecule has 2 aliphatic rings. The summed E-state index contributed by atoms with van der Waals surface area (Å²) in [7, 11) is 0. The van der Waals surface area contributed by atoms with E-state index in [1.165, 1.54) is 16.0 Å². The van der Waals surface area contributed by atoms with Gasteiger partial charge in [-0.3, -0.25) is 19.4 Å². The summed E-state index contributed by atoms with van der Waals surface area (Å²) >= 11 is 0. The number of rotatable bonds is 2. The maximum absolute atomic E-state index is 12.3. The van der Waals surface area contributed by atoms with Crippen molar-refractivity contribution < 1.29 is 14.4 Å². The number of hydrogen-bond acceptors (Lipinski definition) is 3. The summed E-state index contributed by atoms with van der Waals surface area (Å²) in [5, 5.41) is 5.37. The standard InChI is InChI=1S/C15H16N4O3/c20-12-10-19-13(9-16-12)18(7-6-14(19)21)15(22)17-8-11-4-2-1-3-5-11/h1-5,9H,6-8,10H2,(H,16,20)(H,17,22). The van der Waals surface area contributed by atoms with Crippen molar-refractivity contribution in [3.05, 3.63) is 47.9 Å². The molecule has 1 aromatic rings. The summed E-state index contributed by atoms with van der Waals surface area (Å²) in [4.78, 5) is 38.4. The number of benzene rings is 1. The molecule has 0 spiro atoms. The van der Waals surface area contributed by atoms with E-state index in [-0.39, 0.29) is 30.8 Å². The Labute approximate surface area is 127 Å². The van der Waals surface area contributed by atoms with Gasteiger partial charge in [-0.1, -0.05) is 30.3 Å². The fraction of sp³-hybridized carbons (Fsp3) is 0.267. The quantitative estimate of drug-likeness (QED) is 0.827. The number of carbonyl (C=O) groups excluding carboxylic acids is 3. The molecule has 4 amide bonds. The van der Waals surface area contributed by atoms with Crippen LogP contribution in [0.3, 0.4) is 0 Å². The first-order valence-corrected chi connectivity index (χ1v) is 7.04. The van der Waals surface area contributed by atoms with Gasteiger partial charge in [-0.05, 0) is 5.56 Å². The molecular formula is C15H16N4O3. The lowest BCUT2D eigenvalue weighted by Crippen LogP contribution is -2.55. The van der Waals surface area contributed by atoms with E-state index in [0.29, 0.717) is 18.9 Å². The molecule has 7 nitrogen and oxygen atoms in total. The van der Waals surface area contributed by atoms with Crippen LogP contribution in [0.2, 0.25) is 0 Å². The van der Waals surface area contributed by atoms with Crippen molar-refractivity contribution in [3.8, 4) is 0 Å². The number of nitrogens with zero attached hydrogens (tertiary/aromatic N) is 2. The summed E-state index contributed by atoms with van der Waals surface area (Å²) < 4.78 is 0. The van der Waals surface area contributed by atoms with Gasteiger partial charge >= 0.3 is 6.03 Å². The number of carbonyl (C=O) groups is 3. The molecule has 0 aromatic heterocycles. The average Bonchev–Trinajstić information content (AvgIpc) is 2.54. The topological polar surface area (TPSA) is 81.8 Å². The maximum atomic E-state index is 12.3. The lowest BCUT2D eigenvalue weighted by atomic mass is 10.2. The van der Waals surface area contributed by atoms with Gasteiger partial charge in [0.05, 0.1) is 0 Å². The zero-order chi connectivity index (χ0) is 15.5. The molecule has 2 heterocycles. The van der Waals surface area contributed by atoms with Gasteiger partial charge in [0, 0.05) is 25.7 Å². The van der Waals surface area contributed by atoms with Crippen molar-refractivity contribution in [2.75, 3.05) is 13.1 Å². The van der Waals surface area contributed by atoms with Crippen LogP contribution in [0.1, 0.15) is 12.0 Å². The van der Waals surface area contributed by atoms with Crippen LogP contribution < -0.4 is 10.6 Å². The third kappa shape index (κ3) is 2.78. The van der Waals surface area contributed by atoms with E-state index in [4.69, 9.17) is 0 Å². The van der Waals surface area contributed by atoms with E-state index < -0.39 is 0 Å². The molecule has 1 saturated heterocycles. The number of amides is 4. The maximum Gasteiger partial charge on any atom is 0.323 e. The molecule has 0 radical (unpaired) electrons. The molecule has 2 N–H and O–H groups in total. The minimum absolute atomic E-state index is 0.0485. The van der Waals surface area contributed by atoms with Crippen molar-refractivity contribution in [1.82, 2.24) is 20.4 Å². The highest BCUT2D eigenvalue weighted by Crippen LogP contribution is 2.20. The minimum Gasteiger partial charge on any atom is -0.334 e. The number of hydrogen-bond donors (Lipinski definition) is 2. The molecule has 0 unspecified atom stereocenters. The number of fused-ring (bicyclic) bond motifs is 1. The lowest BCUT2D eigenvalue weighted by Gasteiger charge is -2.39. The predicted molar refractivity (Wildman–Crippen MR) is 77.9 cm³/mol. The Bertz CT molecular complexity index is 641. The molecule has 3 rings (SSSR count). The molecule has 114 valence electrons. The van der Waals surface area contributed by atoms with E-state index in [1.54, 1.807) is 0 Å². The molecule has 0 atom stereocenters. The Balaban J connectivity index is 1.69. The largest absolute Gasteiger partial charge is 0.334 e. The van der Waals surface area contributed by atoms with Gasteiger partial charge in [0.15, 0.2) is 0 Å². The summed E-state index contributed by atoms with van der Waals surface area (Å²) in [5.74, 6) is 0.0123. The number of urea groups is 1. The van der Waals surface area contributed by atoms with Gasteiger partial charge < -0.3 is 10.6 Å². The fourth-order valence-electron chi connectivity index (χ4n) is 2.46. The normalized spacial score (nSPS) is 17.5. The second-order valence-corrected chi connectivity index (χ2v) is 5.10. The molecular weight excluding hydrogens is 284 g/mol. The van der Waals surface area contributed by atoms with Crippen LogP contribution in [-0.2, 0) is 16.1 Å². The summed E-state index contributed by atoms with van der Waals surface area (Å²) in [6.07, 6.45) is 1.62. The van der Waals surface area contributed by atoms with Gasteiger partial charge in [0.2, 0.25) is 11.8 Å². The molecule has 7 heteroatoms. The Morgan fingerprint density at radius 2 is 2.00 bits per heavy atom. The van der Waals surface area contributed by atoms with Crippen LogP contribution in [0.5, 0.6) is 0 Å². The first-order chi connectivity index (χ1) is 10.6. The van der Waals surface area contributed by atoms with Crippen molar-refractivity contribution in [2.45, 2.75) is 13.0 Å². The number of nitrogens with one attached hydrogen (secondary N) is 2. The van der Waals surface area contributed by atoms with Crippen LogP contribution in [-0.4, -0.2) is 40.7 Å². The highest BCUT2D eigenvalue weighted by Gasteiger charge is 2.35. The van der Waals surface area contributed by atoms with Crippen molar-refractivity contribution >= 4 is 17.8 Å². The Morgan fingerprint density at radius 1 is 1.23 bits per heavy atom. The van der Waals surface area contributed by atoms with E-state index in [9.17, 15) is 14.4 Å². The molecule has 22 heavy (non-hydrogen) atoms. The van der Waals surface area contributed by atoms with Gasteiger partial charge in [0.1, 0.15) is 12.4 Å². The van der Waals surface area contributed by atoms with E-state index in [2.05, 4.69) is 10.6 Å². The molecule has 0 bridgehead atoms. The van der Waals surface area contributed by atoms with Crippen LogP contribution >= 0.6 is 0 Å². The summed E-state index contributed by atoms with van der Waals surface area (Å²) in [5.41, 5.74) is 0.992. The van der Waals surface area contributed by atoms with Crippen molar-refractivity contribution in [1.29, 1.82) is 0 Å². The minimum atomic E-state index is -0.288. The molecule has 0 saturated carbocycles. The summed E-state index contributed by atoms with van der Waals surface area (Å²) in [6.45, 7) is 0.661. The highest BCUT2D eigenvalue weighted by molar-refractivity contribution is 5.90. The third-order valence-electron chi connectivity index (χ3n) is 3.60. The highest BCUT2D eigenvalue weighted by atomic mass is 16.2. The lowest BCUT2D eigenvalue weighted by molar-refractivity contribution is -0.138. The van der Waals surface area contributed by atoms with Gasteiger partial charge in [-0.25, -0.2) is 4.79 Å². The first kappa shape index (κ1) is 14.1. The second kappa shape index (κ2) is 5.88. The zero-order valence-electron chi connectivity index (χ0n) is 11.9. The van der Waals surface area contributed by atoms with Crippen LogP contribution in [0.15, 0.2) is 42.4 Å². The third-order valence-corrected chi connectivity index (χ3v) is 3.60. The SMILES string of the molecule is O=C1CN2C(=O)CCN(C(=O)NCc3ccccc3)C2=CN1. The van der Waals surface area contributed by atoms with Gasteiger partial charge in [-0.2, -0.15) is 0 Å². The van der Waals surface area contributed by atoms with Crippen molar-refractivity contribution in [3.63, 3.8) is 0 Å². The smallest absolute Gasteiger partial charge is 0.323 e. The Morgan fingerprint density at radius 3 is 2.77 bits per heavy atom. The molecule has 1 fully saturated rings. The Hall–Kier alpha value is -2.83.